The first-order valence-corrected chi connectivity index (χ1v) is 12.6. The van der Waals surface area contributed by atoms with Gasteiger partial charge in [0.2, 0.25) is 0 Å². The highest BCUT2D eigenvalue weighted by Crippen LogP contribution is 2.30. The van der Waals surface area contributed by atoms with Crippen LogP contribution in [0.25, 0.3) is 11.4 Å². The van der Waals surface area contributed by atoms with E-state index in [9.17, 15) is 9.59 Å². The van der Waals surface area contributed by atoms with E-state index in [2.05, 4.69) is 16.0 Å². The van der Waals surface area contributed by atoms with Crippen LogP contribution >= 0.6 is 0 Å². The summed E-state index contributed by atoms with van der Waals surface area (Å²) in [6.07, 6.45) is 9.06. The Labute approximate surface area is 202 Å². The number of hydrogen-bond donors (Lipinski definition) is 0. The highest BCUT2D eigenvalue weighted by molar-refractivity contribution is 5.99. The summed E-state index contributed by atoms with van der Waals surface area (Å²) in [6.45, 7) is 5.22. The van der Waals surface area contributed by atoms with Crippen LogP contribution in [0, 0.1) is 12.8 Å². The van der Waals surface area contributed by atoms with Gasteiger partial charge in [-0.05, 0) is 45.6 Å². The van der Waals surface area contributed by atoms with Crippen molar-refractivity contribution in [1.82, 2.24) is 14.9 Å². The minimum Gasteiger partial charge on any atom is -0.466 e. The van der Waals surface area contributed by atoms with Gasteiger partial charge in [-0.25, -0.2) is 9.97 Å². The molecule has 1 unspecified atom stereocenters. The number of esters is 1. The lowest BCUT2D eigenvalue weighted by Gasteiger charge is -2.35. The van der Waals surface area contributed by atoms with Gasteiger partial charge in [-0.2, -0.15) is 0 Å². The Morgan fingerprint density at radius 1 is 1.15 bits per heavy atom. The number of aromatic nitrogens is 2. The van der Waals surface area contributed by atoms with Gasteiger partial charge in [0.05, 0.1) is 12.5 Å². The van der Waals surface area contributed by atoms with Gasteiger partial charge < -0.3 is 14.5 Å². The van der Waals surface area contributed by atoms with Gasteiger partial charge in [-0.15, -0.1) is 0 Å². The predicted molar refractivity (Wildman–Crippen MR) is 133 cm³/mol. The minimum absolute atomic E-state index is 0.109. The van der Waals surface area contributed by atoms with Gasteiger partial charge in [0.15, 0.2) is 5.82 Å². The summed E-state index contributed by atoms with van der Waals surface area (Å²) in [6, 6.07) is 8.47. The largest absolute Gasteiger partial charge is 0.466 e. The number of rotatable bonds is 6. The number of carbonyl (C=O) groups is 2. The Morgan fingerprint density at radius 2 is 1.94 bits per heavy atom. The van der Waals surface area contributed by atoms with Crippen molar-refractivity contribution in [3.63, 3.8) is 0 Å². The Bertz CT molecular complexity index is 1020. The van der Waals surface area contributed by atoms with Crippen LogP contribution in [0.15, 0.2) is 30.5 Å². The van der Waals surface area contributed by atoms with Crippen LogP contribution in [0.4, 0.5) is 5.82 Å². The van der Waals surface area contributed by atoms with Crippen LogP contribution in [-0.4, -0.2) is 59.5 Å². The van der Waals surface area contributed by atoms with Crippen LogP contribution in [0.2, 0.25) is 0 Å². The molecule has 182 valence electrons. The number of aryl methyl sites for hydroxylation is 1. The molecule has 2 heterocycles. The Balaban J connectivity index is 1.66. The standard InChI is InChI=1S/C27H36N4O3/c1-4-34-27(33)21-12-9-15-31(18-21)26(32)23-17-28-24(20-11-8-10-19(2)16-20)29-25(23)30(3)22-13-6-5-7-14-22/h8,10-11,16-17,21-22H,4-7,9,12-15,18H2,1-3H3. The van der Waals surface area contributed by atoms with E-state index in [-0.39, 0.29) is 17.8 Å². The second-order valence-electron chi connectivity index (χ2n) is 9.55. The van der Waals surface area contributed by atoms with Crippen molar-refractivity contribution < 1.29 is 14.3 Å². The van der Waals surface area contributed by atoms with E-state index in [0.717, 1.165) is 36.8 Å². The average Bonchev–Trinajstić information content (AvgIpc) is 2.88. The second-order valence-corrected chi connectivity index (χ2v) is 9.55. The van der Waals surface area contributed by atoms with E-state index in [0.29, 0.717) is 42.9 Å². The summed E-state index contributed by atoms with van der Waals surface area (Å²) in [5, 5.41) is 0. The summed E-state index contributed by atoms with van der Waals surface area (Å²) in [7, 11) is 2.05. The molecular formula is C27H36N4O3. The smallest absolute Gasteiger partial charge is 0.310 e. The quantitative estimate of drug-likeness (QED) is 0.580. The van der Waals surface area contributed by atoms with Gasteiger partial charge >= 0.3 is 5.97 Å². The minimum atomic E-state index is -0.273. The second kappa shape index (κ2) is 11.0. The lowest BCUT2D eigenvalue weighted by atomic mass is 9.94. The SMILES string of the molecule is CCOC(=O)C1CCCN(C(=O)c2cnc(-c3cccc(C)c3)nc2N(C)C2CCCCC2)C1. The van der Waals surface area contributed by atoms with Crippen LogP contribution in [0.1, 0.15) is 67.8 Å². The molecule has 1 aliphatic carbocycles. The topological polar surface area (TPSA) is 75.6 Å². The number of piperidine rings is 1. The number of anilines is 1. The van der Waals surface area contributed by atoms with Crippen LogP contribution < -0.4 is 4.90 Å². The van der Waals surface area contributed by atoms with Crippen LogP contribution in [0.5, 0.6) is 0 Å². The maximum atomic E-state index is 13.7. The Morgan fingerprint density at radius 3 is 2.68 bits per heavy atom. The molecule has 0 bridgehead atoms. The van der Waals surface area contributed by atoms with E-state index >= 15 is 0 Å². The van der Waals surface area contributed by atoms with Crippen molar-refractivity contribution in [2.75, 3.05) is 31.6 Å². The molecule has 34 heavy (non-hydrogen) atoms. The fraction of sp³-hybridized carbons (Fsp3) is 0.556. The number of likely N-dealkylation sites (tertiary alicyclic amines) is 1. The fourth-order valence-electron chi connectivity index (χ4n) is 5.14. The summed E-state index contributed by atoms with van der Waals surface area (Å²) in [4.78, 5) is 39.5. The molecule has 2 aromatic rings. The number of amides is 1. The molecule has 1 aromatic heterocycles. The summed E-state index contributed by atoms with van der Waals surface area (Å²) in [5.41, 5.74) is 2.59. The fourth-order valence-corrected chi connectivity index (χ4v) is 5.14. The molecule has 7 nitrogen and oxygen atoms in total. The maximum Gasteiger partial charge on any atom is 0.310 e. The summed E-state index contributed by atoms with van der Waals surface area (Å²) >= 11 is 0. The number of carbonyl (C=O) groups excluding carboxylic acids is 2. The normalized spacial score (nSPS) is 19.0. The number of hydrogen-bond acceptors (Lipinski definition) is 6. The maximum absolute atomic E-state index is 13.7. The van der Waals surface area contributed by atoms with E-state index in [1.54, 1.807) is 11.1 Å². The summed E-state index contributed by atoms with van der Waals surface area (Å²) < 4.78 is 5.22. The molecule has 1 saturated heterocycles. The average molecular weight is 465 g/mol. The van der Waals surface area contributed by atoms with E-state index in [1.165, 1.54) is 19.3 Å². The highest BCUT2D eigenvalue weighted by atomic mass is 16.5. The Hall–Kier alpha value is -2.96. The summed E-state index contributed by atoms with van der Waals surface area (Å²) in [5.74, 6) is 0.709. The zero-order valence-electron chi connectivity index (χ0n) is 20.6. The molecule has 1 aliphatic heterocycles. The van der Waals surface area contributed by atoms with Gasteiger partial charge in [0.25, 0.3) is 5.91 Å². The van der Waals surface area contributed by atoms with Crippen molar-refractivity contribution in [3.05, 3.63) is 41.6 Å². The molecule has 0 spiro atoms. The highest BCUT2D eigenvalue weighted by Gasteiger charge is 2.32. The molecule has 4 rings (SSSR count). The third-order valence-electron chi connectivity index (χ3n) is 7.06. The lowest BCUT2D eigenvalue weighted by molar-refractivity contribution is -0.149. The van der Waals surface area contributed by atoms with Crippen molar-refractivity contribution in [1.29, 1.82) is 0 Å². The first-order chi connectivity index (χ1) is 16.5. The van der Waals surface area contributed by atoms with E-state index in [1.807, 2.05) is 39.1 Å². The third-order valence-corrected chi connectivity index (χ3v) is 7.06. The van der Waals surface area contributed by atoms with Gasteiger partial charge in [-0.3, -0.25) is 9.59 Å². The molecule has 2 aliphatic rings. The zero-order chi connectivity index (χ0) is 24.1. The van der Waals surface area contributed by atoms with Crippen LogP contribution in [-0.2, 0) is 9.53 Å². The molecule has 1 amide bonds. The molecule has 2 fully saturated rings. The zero-order valence-corrected chi connectivity index (χ0v) is 20.6. The lowest BCUT2D eigenvalue weighted by Crippen LogP contribution is -2.44. The first kappa shape index (κ1) is 24.2. The molecule has 0 N–H and O–H groups in total. The number of benzene rings is 1. The Kier molecular flexibility index (Phi) is 7.80. The van der Waals surface area contributed by atoms with Crippen LogP contribution in [0.3, 0.4) is 0 Å². The number of ether oxygens (including phenoxy) is 1. The van der Waals surface area contributed by atoms with Crippen molar-refractivity contribution in [2.24, 2.45) is 5.92 Å². The van der Waals surface area contributed by atoms with Gasteiger partial charge in [0, 0.05) is 37.9 Å². The molecule has 0 radical (unpaired) electrons. The first-order valence-electron chi connectivity index (χ1n) is 12.6. The van der Waals surface area contributed by atoms with E-state index < -0.39 is 0 Å². The molecular weight excluding hydrogens is 428 g/mol. The molecule has 1 atom stereocenters. The monoisotopic (exact) mass is 464 g/mol. The van der Waals surface area contributed by atoms with E-state index in [4.69, 9.17) is 9.72 Å². The van der Waals surface area contributed by atoms with Crippen molar-refractivity contribution >= 4 is 17.7 Å². The number of nitrogens with zero attached hydrogens (tertiary/aromatic N) is 4. The van der Waals surface area contributed by atoms with Crippen molar-refractivity contribution in [3.8, 4) is 11.4 Å². The van der Waals surface area contributed by atoms with Gasteiger partial charge in [-0.1, -0.05) is 43.0 Å². The third kappa shape index (κ3) is 5.40. The van der Waals surface area contributed by atoms with Gasteiger partial charge in [0.1, 0.15) is 11.4 Å². The predicted octanol–water partition coefficient (Wildman–Crippen LogP) is 4.64. The molecule has 1 saturated carbocycles. The molecule has 1 aromatic carbocycles. The molecule has 7 heteroatoms. The van der Waals surface area contributed by atoms with Crippen molar-refractivity contribution in [2.45, 2.75) is 64.8 Å².